The molecule has 2 atom stereocenters. The second kappa shape index (κ2) is 5.65. The van der Waals surface area contributed by atoms with Gasteiger partial charge in [0.25, 0.3) is 0 Å². The van der Waals surface area contributed by atoms with Crippen molar-refractivity contribution in [3.8, 4) is 0 Å². The van der Waals surface area contributed by atoms with E-state index in [1.54, 1.807) is 0 Å². The van der Waals surface area contributed by atoms with E-state index in [-0.39, 0.29) is 6.61 Å². The maximum atomic E-state index is 8.89. The van der Waals surface area contributed by atoms with Gasteiger partial charge in [-0.15, -0.1) is 0 Å². The van der Waals surface area contributed by atoms with E-state index in [9.17, 15) is 0 Å². The number of rotatable bonds is 5. The highest BCUT2D eigenvalue weighted by Crippen LogP contribution is 1.87. The van der Waals surface area contributed by atoms with E-state index in [4.69, 9.17) is 10.2 Å². The zero-order chi connectivity index (χ0) is 7.98. The summed E-state index contributed by atoms with van der Waals surface area (Å²) in [6.45, 7) is 4.43. The fourth-order valence-corrected chi connectivity index (χ4v) is 0.546. The maximum Gasteiger partial charge on any atom is 0.0895 e. The average molecular weight is 147 g/mol. The molecule has 62 valence electrons. The van der Waals surface area contributed by atoms with E-state index in [1.807, 2.05) is 6.92 Å². The molecule has 0 amide bonds. The molecular formula is C7H17NO2. The van der Waals surface area contributed by atoms with E-state index < -0.39 is 6.10 Å². The number of aliphatic hydroxyl groups is 2. The van der Waals surface area contributed by atoms with Crippen LogP contribution in [0.25, 0.3) is 0 Å². The Labute approximate surface area is 62.1 Å². The van der Waals surface area contributed by atoms with Crippen LogP contribution >= 0.6 is 0 Å². The van der Waals surface area contributed by atoms with Gasteiger partial charge in [-0.3, -0.25) is 0 Å². The highest BCUT2D eigenvalue weighted by molar-refractivity contribution is 4.62. The van der Waals surface area contributed by atoms with Crippen LogP contribution < -0.4 is 5.32 Å². The van der Waals surface area contributed by atoms with Gasteiger partial charge in [-0.05, 0) is 13.3 Å². The molecule has 0 fully saturated rings. The van der Waals surface area contributed by atoms with Crippen LogP contribution in [0.3, 0.4) is 0 Å². The second-order valence-electron chi connectivity index (χ2n) is 2.55. The van der Waals surface area contributed by atoms with Crippen molar-refractivity contribution < 1.29 is 10.2 Å². The number of hydrogen-bond acceptors (Lipinski definition) is 3. The monoisotopic (exact) mass is 147 g/mol. The number of aliphatic hydroxyl groups excluding tert-OH is 2. The lowest BCUT2D eigenvalue weighted by atomic mass is 10.2. The summed E-state index contributed by atoms with van der Waals surface area (Å²) in [7, 11) is 0. The lowest BCUT2D eigenvalue weighted by molar-refractivity contribution is 0.0922. The average Bonchev–Trinajstić information content (AvgIpc) is 1.99. The summed E-state index contributed by atoms with van der Waals surface area (Å²) in [5, 5.41) is 20.4. The van der Waals surface area contributed by atoms with Gasteiger partial charge in [0.05, 0.1) is 12.7 Å². The summed E-state index contributed by atoms with van der Waals surface area (Å²) in [5.41, 5.74) is 0. The Bertz CT molecular complexity index is 68.0. The van der Waals surface area contributed by atoms with E-state index in [0.717, 1.165) is 6.42 Å². The van der Waals surface area contributed by atoms with E-state index >= 15 is 0 Å². The van der Waals surface area contributed by atoms with Gasteiger partial charge in [-0.1, -0.05) is 6.92 Å². The summed E-state index contributed by atoms with van der Waals surface area (Å²) in [5.74, 6) is 0. The molecule has 0 aliphatic carbocycles. The van der Waals surface area contributed by atoms with Gasteiger partial charge in [-0.2, -0.15) is 0 Å². The lowest BCUT2D eigenvalue weighted by Gasteiger charge is -2.13. The van der Waals surface area contributed by atoms with Crippen LogP contribution in [0.15, 0.2) is 0 Å². The van der Waals surface area contributed by atoms with Crippen LogP contribution in [-0.4, -0.2) is 35.5 Å². The molecule has 0 rings (SSSR count). The topological polar surface area (TPSA) is 52.5 Å². The number of hydrogen-bond donors (Lipinski definition) is 3. The van der Waals surface area contributed by atoms with Crippen molar-refractivity contribution in [2.24, 2.45) is 0 Å². The van der Waals surface area contributed by atoms with Crippen molar-refractivity contribution in [2.45, 2.75) is 32.4 Å². The molecule has 3 heteroatoms. The molecule has 3 nitrogen and oxygen atoms in total. The third-order valence-corrected chi connectivity index (χ3v) is 1.53. The molecule has 0 bridgehead atoms. The van der Waals surface area contributed by atoms with Crippen LogP contribution in [0.4, 0.5) is 0 Å². The van der Waals surface area contributed by atoms with Crippen LogP contribution in [0.5, 0.6) is 0 Å². The summed E-state index contributed by atoms with van der Waals surface area (Å²) in [6, 6.07) is 0.418. The van der Waals surface area contributed by atoms with Crippen LogP contribution in [-0.2, 0) is 0 Å². The molecule has 0 aromatic rings. The molecule has 1 unspecified atom stereocenters. The second-order valence-corrected chi connectivity index (χ2v) is 2.55. The number of nitrogens with one attached hydrogen (secondary N) is 1. The Morgan fingerprint density at radius 3 is 2.50 bits per heavy atom. The standard InChI is InChI=1S/C7H17NO2/c1-3-6(2)8-4-7(10)5-9/h6-10H,3-5H2,1-2H3/t6?,7-/m0/s1. The van der Waals surface area contributed by atoms with E-state index in [0.29, 0.717) is 12.6 Å². The smallest absolute Gasteiger partial charge is 0.0895 e. The Morgan fingerprint density at radius 2 is 2.10 bits per heavy atom. The van der Waals surface area contributed by atoms with Crippen molar-refractivity contribution in [2.75, 3.05) is 13.2 Å². The van der Waals surface area contributed by atoms with Crippen molar-refractivity contribution in [3.05, 3.63) is 0 Å². The third-order valence-electron chi connectivity index (χ3n) is 1.53. The molecule has 0 saturated carbocycles. The molecule has 0 aromatic carbocycles. The predicted molar refractivity (Wildman–Crippen MR) is 40.8 cm³/mol. The van der Waals surface area contributed by atoms with Crippen molar-refractivity contribution in [3.63, 3.8) is 0 Å². The van der Waals surface area contributed by atoms with Gasteiger partial charge in [0.1, 0.15) is 0 Å². The zero-order valence-electron chi connectivity index (χ0n) is 6.67. The largest absolute Gasteiger partial charge is 0.394 e. The zero-order valence-corrected chi connectivity index (χ0v) is 6.67. The summed E-state index contributed by atoms with van der Waals surface area (Å²) in [4.78, 5) is 0. The Hall–Kier alpha value is -0.120. The van der Waals surface area contributed by atoms with Crippen LogP contribution in [0.2, 0.25) is 0 Å². The first-order valence-corrected chi connectivity index (χ1v) is 3.73. The minimum atomic E-state index is -0.617. The van der Waals surface area contributed by atoms with Gasteiger partial charge in [0.2, 0.25) is 0 Å². The SMILES string of the molecule is CCC(C)NC[C@H](O)CO. The van der Waals surface area contributed by atoms with Crippen LogP contribution in [0, 0.1) is 0 Å². The molecule has 0 radical (unpaired) electrons. The van der Waals surface area contributed by atoms with Crippen LogP contribution in [0.1, 0.15) is 20.3 Å². The Balaban J connectivity index is 3.17. The van der Waals surface area contributed by atoms with Crippen molar-refractivity contribution >= 4 is 0 Å². The minimum Gasteiger partial charge on any atom is -0.394 e. The fourth-order valence-electron chi connectivity index (χ4n) is 0.546. The third kappa shape index (κ3) is 4.73. The molecule has 0 heterocycles. The van der Waals surface area contributed by atoms with Crippen molar-refractivity contribution in [1.82, 2.24) is 5.32 Å². The Kier molecular flexibility index (Phi) is 5.58. The van der Waals surface area contributed by atoms with Gasteiger partial charge in [-0.25, -0.2) is 0 Å². The van der Waals surface area contributed by atoms with Gasteiger partial charge in [0, 0.05) is 12.6 Å². The fraction of sp³-hybridized carbons (Fsp3) is 1.00. The highest BCUT2D eigenvalue weighted by Gasteiger charge is 2.02. The molecule has 0 aliphatic heterocycles. The first-order valence-electron chi connectivity index (χ1n) is 3.73. The minimum absolute atomic E-state index is 0.163. The predicted octanol–water partition coefficient (Wildman–Crippen LogP) is -0.272. The molecule has 3 N–H and O–H groups in total. The van der Waals surface area contributed by atoms with Gasteiger partial charge < -0.3 is 15.5 Å². The first-order chi connectivity index (χ1) is 4.70. The molecular weight excluding hydrogens is 130 g/mol. The van der Waals surface area contributed by atoms with Gasteiger partial charge >= 0.3 is 0 Å². The van der Waals surface area contributed by atoms with Crippen molar-refractivity contribution in [1.29, 1.82) is 0 Å². The van der Waals surface area contributed by atoms with Gasteiger partial charge in [0.15, 0.2) is 0 Å². The lowest BCUT2D eigenvalue weighted by Crippen LogP contribution is -2.34. The highest BCUT2D eigenvalue weighted by atomic mass is 16.3. The molecule has 10 heavy (non-hydrogen) atoms. The summed E-state index contributed by atoms with van der Waals surface area (Å²) < 4.78 is 0. The normalized spacial score (nSPS) is 16.8. The quantitative estimate of drug-likeness (QED) is 0.501. The molecule has 0 spiro atoms. The van der Waals surface area contributed by atoms with E-state index in [1.165, 1.54) is 0 Å². The summed E-state index contributed by atoms with van der Waals surface area (Å²) in [6.07, 6.45) is 0.423. The maximum absolute atomic E-state index is 8.89. The summed E-state index contributed by atoms with van der Waals surface area (Å²) >= 11 is 0. The van der Waals surface area contributed by atoms with E-state index in [2.05, 4.69) is 12.2 Å². The molecule has 0 aromatic heterocycles. The first kappa shape index (κ1) is 9.88. The Morgan fingerprint density at radius 1 is 1.50 bits per heavy atom. The molecule has 0 aliphatic rings. The molecule has 0 saturated heterocycles.